The lowest BCUT2D eigenvalue weighted by Gasteiger charge is -2.18. The lowest BCUT2D eigenvalue weighted by atomic mass is 10.1. The van der Waals surface area contributed by atoms with Gasteiger partial charge in [-0.3, -0.25) is 0 Å². The largest absolute Gasteiger partial charge is 0.334 e. The lowest BCUT2D eigenvalue weighted by molar-refractivity contribution is 0.207. The molecule has 1 aliphatic heterocycles. The second-order valence-corrected chi connectivity index (χ2v) is 7.85. The van der Waals surface area contributed by atoms with Gasteiger partial charge in [0.1, 0.15) is 0 Å². The molecule has 3 N–H and O–H groups in total. The number of aromatic nitrogens is 2. The van der Waals surface area contributed by atoms with E-state index in [9.17, 15) is 13.2 Å². The highest BCUT2D eigenvalue weighted by Crippen LogP contribution is 2.18. The molecule has 0 spiro atoms. The van der Waals surface area contributed by atoms with Crippen LogP contribution in [0.5, 0.6) is 0 Å². The number of hydrogen-bond donors (Lipinski definition) is 2. The van der Waals surface area contributed by atoms with Gasteiger partial charge in [-0.2, -0.15) is 0 Å². The van der Waals surface area contributed by atoms with Crippen LogP contribution in [-0.4, -0.2) is 47.7 Å². The fourth-order valence-corrected chi connectivity index (χ4v) is 4.01. The van der Waals surface area contributed by atoms with E-state index in [0.717, 1.165) is 11.3 Å². The first kappa shape index (κ1) is 17.4. The molecule has 8 nitrogen and oxygen atoms in total. The molecule has 1 atom stereocenters. The van der Waals surface area contributed by atoms with Gasteiger partial charge in [-0.25, -0.2) is 23.3 Å². The van der Waals surface area contributed by atoms with E-state index in [0.29, 0.717) is 26.1 Å². The average molecular weight is 363 g/mol. The Hall–Kier alpha value is -2.39. The second-order valence-electron chi connectivity index (χ2n) is 6.19. The summed E-state index contributed by atoms with van der Waals surface area (Å²) < 4.78 is 24.2. The predicted molar refractivity (Wildman–Crippen MR) is 93.5 cm³/mol. The van der Waals surface area contributed by atoms with E-state index in [-0.39, 0.29) is 17.7 Å². The molecule has 0 aliphatic carbocycles. The quantitative estimate of drug-likeness (QED) is 0.814. The molecule has 0 radical (unpaired) electrons. The van der Waals surface area contributed by atoms with Crippen molar-refractivity contribution in [3.8, 4) is 5.69 Å². The molecule has 2 aromatic rings. The van der Waals surface area contributed by atoms with Crippen LogP contribution >= 0.6 is 0 Å². The fourth-order valence-electron chi connectivity index (χ4n) is 3.08. The normalized spacial score (nSPS) is 17.6. The number of urea groups is 1. The number of likely N-dealkylation sites (tertiary alicyclic amines) is 1. The monoisotopic (exact) mass is 363 g/mol. The van der Waals surface area contributed by atoms with Crippen molar-refractivity contribution in [1.29, 1.82) is 0 Å². The number of rotatable bonds is 5. The van der Waals surface area contributed by atoms with Crippen molar-refractivity contribution >= 4 is 16.1 Å². The highest BCUT2D eigenvalue weighted by atomic mass is 32.2. The summed E-state index contributed by atoms with van der Waals surface area (Å²) in [7, 11) is -3.51. The van der Waals surface area contributed by atoms with Crippen molar-refractivity contribution in [2.24, 2.45) is 11.1 Å². The van der Waals surface area contributed by atoms with E-state index < -0.39 is 10.0 Å². The summed E-state index contributed by atoms with van der Waals surface area (Å²) in [4.78, 5) is 18.0. The first-order chi connectivity index (χ1) is 11.9. The second kappa shape index (κ2) is 7.24. The average Bonchev–Trinajstić information content (AvgIpc) is 3.23. The van der Waals surface area contributed by atoms with E-state index >= 15 is 0 Å². The lowest BCUT2D eigenvalue weighted by Crippen LogP contribution is -2.38. The topological polar surface area (TPSA) is 110 Å². The van der Waals surface area contributed by atoms with Gasteiger partial charge in [0.05, 0.1) is 17.8 Å². The highest BCUT2D eigenvalue weighted by molar-refractivity contribution is 7.89. The molecule has 9 heteroatoms. The number of amides is 2. The van der Waals surface area contributed by atoms with Gasteiger partial charge in [-0.1, -0.05) is 18.2 Å². The van der Waals surface area contributed by atoms with E-state index in [1.165, 1.54) is 0 Å². The van der Waals surface area contributed by atoms with Crippen LogP contribution in [0.1, 0.15) is 12.0 Å². The van der Waals surface area contributed by atoms with Gasteiger partial charge in [0, 0.05) is 32.0 Å². The molecule has 0 saturated carbocycles. The van der Waals surface area contributed by atoms with Crippen LogP contribution in [0.25, 0.3) is 5.69 Å². The summed E-state index contributed by atoms with van der Waals surface area (Å²) >= 11 is 0. The maximum absolute atomic E-state index is 12.3. The van der Waals surface area contributed by atoms with Crippen LogP contribution in [0.15, 0.2) is 43.0 Å². The number of sulfonamides is 1. The van der Waals surface area contributed by atoms with Crippen LogP contribution in [0, 0.1) is 5.92 Å². The molecule has 25 heavy (non-hydrogen) atoms. The van der Waals surface area contributed by atoms with Gasteiger partial charge in [0.2, 0.25) is 10.0 Å². The van der Waals surface area contributed by atoms with Crippen LogP contribution in [0.4, 0.5) is 4.79 Å². The summed E-state index contributed by atoms with van der Waals surface area (Å²) in [6.45, 7) is 1.32. The molecular weight excluding hydrogens is 342 g/mol. The van der Waals surface area contributed by atoms with Gasteiger partial charge in [-0.15, -0.1) is 0 Å². The minimum absolute atomic E-state index is 0.0831. The molecule has 1 aromatic heterocycles. The molecule has 1 aromatic carbocycles. The first-order valence-electron chi connectivity index (χ1n) is 8.02. The first-order valence-corrected chi connectivity index (χ1v) is 9.73. The van der Waals surface area contributed by atoms with Gasteiger partial charge in [0.25, 0.3) is 0 Å². The third kappa shape index (κ3) is 4.58. The number of nitrogens with two attached hydrogens (primary N) is 1. The van der Waals surface area contributed by atoms with E-state index in [2.05, 4.69) is 10.3 Å². The summed E-state index contributed by atoms with van der Waals surface area (Å²) in [6.07, 6.45) is 5.90. The third-order valence-corrected chi connectivity index (χ3v) is 5.18. The maximum Gasteiger partial charge on any atom is 0.317 e. The van der Waals surface area contributed by atoms with Crippen molar-refractivity contribution in [2.75, 3.05) is 18.8 Å². The molecule has 0 unspecified atom stereocenters. The number of nitrogens with one attached hydrogen (secondary N) is 1. The Balaban J connectivity index is 1.59. The van der Waals surface area contributed by atoms with Gasteiger partial charge in [0.15, 0.2) is 0 Å². The molecule has 3 rings (SSSR count). The fraction of sp³-hybridized carbons (Fsp3) is 0.375. The number of imidazole rings is 1. The number of primary sulfonamides is 1. The SMILES string of the molecule is NS(=O)(=O)C[C@@H]1CCN(C(=O)NCc2ccccc2-n2ccnc2)C1. The summed E-state index contributed by atoms with van der Waals surface area (Å²) in [5.41, 5.74) is 1.92. The van der Waals surface area contributed by atoms with Gasteiger partial charge < -0.3 is 14.8 Å². The minimum atomic E-state index is -3.51. The summed E-state index contributed by atoms with van der Waals surface area (Å²) in [6, 6.07) is 7.56. The Morgan fingerprint density at radius 2 is 2.16 bits per heavy atom. The number of nitrogens with zero attached hydrogens (tertiary/aromatic N) is 3. The summed E-state index contributed by atoms with van der Waals surface area (Å²) in [5, 5.41) is 7.98. The molecule has 0 bridgehead atoms. The number of carbonyl (C=O) groups excluding carboxylic acids is 1. The smallest absolute Gasteiger partial charge is 0.317 e. The molecule has 2 amide bonds. The van der Waals surface area contributed by atoms with Crippen molar-refractivity contribution < 1.29 is 13.2 Å². The summed E-state index contributed by atoms with van der Waals surface area (Å²) in [5.74, 6) is -0.181. The highest BCUT2D eigenvalue weighted by Gasteiger charge is 2.28. The van der Waals surface area contributed by atoms with E-state index in [1.54, 1.807) is 17.4 Å². The van der Waals surface area contributed by atoms with Crippen LogP contribution in [0.3, 0.4) is 0 Å². The Kier molecular flexibility index (Phi) is 5.05. The molecular formula is C16H21N5O3S. The number of carbonyl (C=O) groups is 1. The third-order valence-electron chi connectivity index (χ3n) is 4.25. The number of para-hydroxylation sites is 1. The zero-order valence-corrected chi connectivity index (χ0v) is 14.5. The molecule has 1 aliphatic rings. The van der Waals surface area contributed by atoms with Crippen molar-refractivity contribution in [2.45, 2.75) is 13.0 Å². The standard InChI is InChI=1S/C16H21N5O3S/c17-25(23,24)11-13-5-7-20(10-13)16(22)19-9-14-3-1-2-4-15(14)21-8-6-18-12-21/h1-4,6,8,12-13H,5,7,9-11H2,(H,19,22)(H2,17,23,24)/t13-/m1/s1. The number of benzene rings is 1. The van der Waals surface area contributed by atoms with Crippen molar-refractivity contribution in [3.63, 3.8) is 0 Å². The van der Waals surface area contributed by atoms with Crippen molar-refractivity contribution in [3.05, 3.63) is 48.5 Å². The van der Waals surface area contributed by atoms with Crippen LogP contribution in [-0.2, 0) is 16.6 Å². The Bertz CT molecular complexity index is 835. The van der Waals surface area contributed by atoms with E-state index in [1.807, 2.05) is 35.0 Å². The maximum atomic E-state index is 12.3. The van der Waals surface area contributed by atoms with Gasteiger partial charge >= 0.3 is 6.03 Å². The predicted octanol–water partition coefficient (Wildman–Crippen LogP) is 0.692. The Morgan fingerprint density at radius 1 is 1.36 bits per heavy atom. The Morgan fingerprint density at radius 3 is 2.88 bits per heavy atom. The minimum Gasteiger partial charge on any atom is -0.334 e. The van der Waals surface area contributed by atoms with Gasteiger partial charge in [-0.05, 0) is 24.0 Å². The zero-order valence-electron chi connectivity index (χ0n) is 13.7. The van der Waals surface area contributed by atoms with Crippen LogP contribution < -0.4 is 10.5 Å². The molecule has 1 fully saturated rings. The molecule has 1 saturated heterocycles. The van der Waals surface area contributed by atoms with E-state index in [4.69, 9.17) is 5.14 Å². The molecule has 2 heterocycles. The Labute approximate surface area is 146 Å². The zero-order chi connectivity index (χ0) is 17.9. The number of hydrogen-bond acceptors (Lipinski definition) is 4. The van der Waals surface area contributed by atoms with Crippen LogP contribution in [0.2, 0.25) is 0 Å². The van der Waals surface area contributed by atoms with Crippen molar-refractivity contribution in [1.82, 2.24) is 19.8 Å². The molecule has 134 valence electrons.